The minimum atomic E-state index is -4.77. The molecule has 0 amide bonds. The van der Waals surface area contributed by atoms with E-state index < -0.39 is 6.36 Å². The first-order valence-electron chi connectivity index (χ1n) is 9.93. The van der Waals surface area contributed by atoms with Crippen LogP contribution in [0.15, 0.2) is 83.9 Å². The number of halogens is 3. The lowest BCUT2D eigenvalue weighted by Crippen LogP contribution is -2.33. The van der Waals surface area contributed by atoms with E-state index >= 15 is 0 Å². The minimum absolute atomic E-state index is 0.194. The van der Waals surface area contributed by atoms with Crippen LogP contribution in [0.25, 0.3) is 22.3 Å². The Morgan fingerprint density at radius 3 is 2.58 bits per heavy atom. The fourth-order valence-electron chi connectivity index (χ4n) is 3.63. The molecule has 33 heavy (non-hydrogen) atoms. The van der Waals surface area contributed by atoms with Gasteiger partial charge in [-0.15, -0.1) is 13.2 Å². The molecule has 10 heteroatoms. The summed E-state index contributed by atoms with van der Waals surface area (Å²) in [6, 6.07) is 16.1. The largest absolute Gasteiger partial charge is 0.573 e. The van der Waals surface area contributed by atoms with Gasteiger partial charge in [-0.25, -0.2) is 10.1 Å². The molecule has 0 fully saturated rings. The van der Waals surface area contributed by atoms with E-state index in [1.54, 1.807) is 11.2 Å². The van der Waals surface area contributed by atoms with Crippen LogP contribution in [0.1, 0.15) is 5.69 Å². The number of nitrogens with one attached hydrogen (secondary N) is 1. The molecule has 0 saturated carbocycles. The molecule has 4 aromatic rings. The third-order valence-corrected chi connectivity index (χ3v) is 5.04. The zero-order chi connectivity index (χ0) is 23.0. The number of ether oxygens (including phenoxy) is 1. The molecule has 0 saturated heterocycles. The summed E-state index contributed by atoms with van der Waals surface area (Å²) >= 11 is 0. The first kappa shape index (κ1) is 20.7. The maximum Gasteiger partial charge on any atom is 0.573 e. The number of nitrogens with zero attached hydrogens (tertiary/aromatic N) is 4. The van der Waals surface area contributed by atoms with Crippen LogP contribution in [0.5, 0.6) is 5.75 Å². The van der Waals surface area contributed by atoms with Gasteiger partial charge in [0.2, 0.25) is 5.43 Å². The van der Waals surface area contributed by atoms with Gasteiger partial charge in [-0.05, 0) is 42.5 Å². The first-order valence-corrected chi connectivity index (χ1v) is 9.93. The number of alkyl halides is 3. The van der Waals surface area contributed by atoms with E-state index in [9.17, 15) is 18.0 Å². The van der Waals surface area contributed by atoms with Gasteiger partial charge in [-0.3, -0.25) is 14.8 Å². The van der Waals surface area contributed by atoms with Crippen molar-refractivity contribution in [2.75, 3.05) is 11.6 Å². The number of hydrogen-bond donors (Lipinski definition) is 1. The summed E-state index contributed by atoms with van der Waals surface area (Å²) in [6.07, 6.45) is 0.230. The predicted molar refractivity (Wildman–Crippen MR) is 117 cm³/mol. The minimum Gasteiger partial charge on any atom is -0.406 e. The van der Waals surface area contributed by atoms with Crippen LogP contribution in [0.3, 0.4) is 0 Å². The normalized spacial score (nSPS) is 13.9. The molecule has 5 rings (SSSR count). The number of hydrogen-bond acceptors (Lipinski definition) is 6. The van der Waals surface area contributed by atoms with Gasteiger partial charge in [0.15, 0.2) is 5.69 Å². The number of aromatic nitrogens is 3. The molecule has 0 spiro atoms. The molecule has 0 unspecified atom stereocenters. The highest BCUT2D eigenvalue weighted by Crippen LogP contribution is 2.31. The van der Waals surface area contributed by atoms with Crippen molar-refractivity contribution in [3.8, 4) is 11.4 Å². The number of fused-ring (bicyclic) bond motifs is 1. The van der Waals surface area contributed by atoms with E-state index in [4.69, 9.17) is 0 Å². The van der Waals surface area contributed by atoms with Gasteiger partial charge in [0.05, 0.1) is 22.6 Å². The van der Waals surface area contributed by atoms with E-state index in [1.807, 2.05) is 36.4 Å². The summed E-state index contributed by atoms with van der Waals surface area (Å²) in [6.45, 7) is 0.492. The van der Waals surface area contributed by atoms with Crippen LogP contribution in [0.4, 0.5) is 18.9 Å². The topological polar surface area (TPSA) is 72.3 Å². The lowest BCUT2D eigenvalue weighted by Gasteiger charge is -2.23. The zero-order valence-electron chi connectivity index (χ0n) is 17.0. The standard InChI is InChI=1S/C23H16F3N5O2/c24-23(25,26)33-16-7-5-15(6-8-16)30-14-11-21(32)22(29-30)20-10-13-28-31(20)19-9-12-27-18-4-2-1-3-17(18)19/h1-12,14,28H,13H2. The number of anilines is 1. The van der Waals surface area contributed by atoms with E-state index in [2.05, 4.69) is 20.2 Å². The van der Waals surface area contributed by atoms with Gasteiger partial charge in [0, 0.05) is 30.4 Å². The quantitative estimate of drug-likeness (QED) is 0.505. The smallest absolute Gasteiger partial charge is 0.406 e. The van der Waals surface area contributed by atoms with Gasteiger partial charge in [-0.1, -0.05) is 18.2 Å². The van der Waals surface area contributed by atoms with Crippen molar-refractivity contribution in [2.24, 2.45) is 0 Å². The number of benzene rings is 2. The Morgan fingerprint density at radius 2 is 1.79 bits per heavy atom. The van der Waals surface area contributed by atoms with Crippen molar-refractivity contribution in [3.63, 3.8) is 0 Å². The molecule has 3 heterocycles. The van der Waals surface area contributed by atoms with Crippen LogP contribution in [0, 0.1) is 0 Å². The third kappa shape index (κ3) is 4.15. The van der Waals surface area contributed by atoms with Gasteiger partial charge in [-0.2, -0.15) is 5.10 Å². The lowest BCUT2D eigenvalue weighted by atomic mass is 10.1. The van der Waals surface area contributed by atoms with Crippen LogP contribution in [-0.2, 0) is 0 Å². The summed E-state index contributed by atoms with van der Waals surface area (Å²) in [5.74, 6) is -0.342. The third-order valence-electron chi connectivity index (χ3n) is 5.04. The Labute approximate surface area is 185 Å². The van der Waals surface area contributed by atoms with Crippen LogP contribution in [-0.4, -0.2) is 27.7 Å². The van der Waals surface area contributed by atoms with Gasteiger partial charge >= 0.3 is 6.36 Å². The molecule has 2 aromatic carbocycles. The van der Waals surface area contributed by atoms with Crippen molar-refractivity contribution < 1.29 is 17.9 Å². The van der Waals surface area contributed by atoms with Crippen molar-refractivity contribution in [3.05, 3.63) is 95.1 Å². The van der Waals surface area contributed by atoms with E-state index in [0.29, 0.717) is 17.9 Å². The highest BCUT2D eigenvalue weighted by Gasteiger charge is 2.31. The van der Waals surface area contributed by atoms with E-state index in [-0.39, 0.29) is 16.9 Å². The van der Waals surface area contributed by atoms with Crippen molar-refractivity contribution in [1.29, 1.82) is 0 Å². The van der Waals surface area contributed by atoms with Crippen molar-refractivity contribution in [2.45, 2.75) is 6.36 Å². The molecule has 0 aliphatic carbocycles. The predicted octanol–water partition coefficient (Wildman–Crippen LogP) is 4.05. The Bertz CT molecular complexity index is 1410. The molecule has 1 aliphatic heterocycles. The van der Waals surface area contributed by atoms with Crippen LogP contribution < -0.4 is 20.6 Å². The van der Waals surface area contributed by atoms with Crippen molar-refractivity contribution in [1.82, 2.24) is 20.2 Å². The summed E-state index contributed by atoms with van der Waals surface area (Å²) in [4.78, 5) is 17.1. The SMILES string of the molecule is O=c1ccn(-c2ccc(OC(F)(F)F)cc2)nc1C1=CCNN1c1ccnc2ccccc12. The maximum absolute atomic E-state index is 12.7. The molecule has 1 aliphatic rings. The van der Waals surface area contributed by atoms with Crippen LogP contribution in [0.2, 0.25) is 0 Å². The Hall–Kier alpha value is -4.18. The Morgan fingerprint density at radius 1 is 1.00 bits per heavy atom. The molecule has 0 bridgehead atoms. The second-order valence-corrected chi connectivity index (χ2v) is 7.15. The number of para-hydroxylation sites is 1. The second kappa shape index (κ2) is 8.06. The van der Waals surface area contributed by atoms with Gasteiger partial charge in [0.1, 0.15) is 5.75 Å². The average molecular weight is 451 g/mol. The van der Waals surface area contributed by atoms with Crippen molar-refractivity contribution >= 4 is 22.3 Å². The molecule has 0 atom stereocenters. The molecule has 0 radical (unpaired) electrons. The van der Waals surface area contributed by atoms with E-state index in [0.717, 1.165) is 16.6 Å². The molecule has 7 nitrogen and oxygen atoms in total. The fraction of sp³-hybridized carbons (Fsp3) is 0.0870. The van der Waals surface area contributed by atoms with Gasteiger partial charge < -0.3 is 4.74 Å². The lowest BCUT2D eigenvalue weighted by molar-refractivity contribution is -0.274. The molecule has 2 aromatic heterocycles. The summed E-state index contributed by atoms with van der Waals surface area (Å²) in [5.41, 5.74) is 5.80. The molecular formula is C23H16F3N5O2. The number of hydrazine groups is 1. The maximum atomic E-state index is 12.7. The highest BCUT2D eigenvalue weighted by atomic mass is 19.4. The summed E-state index contributed by atoms with van der Waals surface area (Å²) in [7, 11) is 0. The molecular weight excluding hydrogens is 435 g/mol. The number of rotatable bonds is 4. The highest BCUT2D eigenvalue weighted by molar-refractivity contribution is 5.96. The fourth-order valence-corrected chi connectivity index (χ4v) is 3.63. The molecule has 166 valence electrons. The Kier molecular flexibility index (Phi) is 5.06. The zero-order valence-corrected chi connectivity index (χ0v) is 17.0. The monoisotopic (exact) mass is 451 g/mol. The summed E-state index contributed by atoms with van der Waals surface area (Å²) < 4.78 is 42.6. The van der Waals surface area contributed by atoms with E-state index in [1.165, 1.54) is 41.2 Å². The second-order valence-electron chi connectivity index (χ2n) is 7.15. The first-order chi connectivity index (χ1) is 15.9. The van der Waals surface area contributed by atoms with Crippen LogP contribution >= 0.6 is 0 Å². The Balaban J connectivity index is 1.51. The summed E-state index contributed by atoms with van der Waals surface area (Å²) in [5, 5.41) is 7.15. The van der Waals surface area contributed by atoms with Gasteiger partial charge in [0.25, 0.3) is 0 Å². The molecule has 1 N–H and O–H groups in total. The average Bonchev–Trinajstić information content (AvgIpc) is 3.28. The number of pyridine rings is 1.